The normalized spacial score (nSPS) is 31.5. The van der Waals surface area contributed by atoms with Crippen molar-refractivity contribution in [3.05, 3.63) is 0 Å². The number of alkyl halides is 2. The Morgan fingerprint density at radius 1 is 1.40 bits per heavy atom. The summed E-state index contributed by atoms with van der Waals surface area (Å²) in [6.45, 7) is 4.04. The second kappa shape index (κ2) is 2.48. The molecule has 1 saturated carbocycles. The van der Waals surface area contributed by atoms with Gasteiger partial charge in [-0.3, -0.25) is 0 Å². The first-order valence-corrected chi connectivity index (χ1v) is 3.89. The highest BCUT2D eigenvalue weighted by atomic mass is 19.3. The third-order valence-electron chi connectivity index (χ3n) is 2.38. The van der Waals surface area contributed by atoms with E-state index in [0.717, 1.165) is 0 Å². The van der Waals surface area contributed by atoms with E-state index in [4.69, 9.17) is 0 Å². The molecule has 10 heavy (non-hydrogen) atoms. The maximum absolute atomic E-state index is 12.6. The number of halogens is 2. The summed E-state index contributed by atoms with van der Waals surface area (Å²) in [5.41, 5.74) is 0. The van der Waals surface area contributed by atoms with Crippen LogP contribution in [0.2, 0.25) is 0 Å². The molecule has 1 atom stereocenters. The molecule has 60 valence electrons. The highest BCUT2D eigenvalue weighted by molar-refractivity contribution is 4.82. The Morgan fingerprint density at radius 2 is 2.00 bits per heavy atom. The molecule has 2 heteroatoms. The molecule has 0 N–H and O–H groups in total. The summed E-state index contributed by atoms with van der Waals surface area (Å²) in [6.07, 6.45) is 0.936. The molecular weight excluding hydrogens is 134 g/mol. The van der Waals surface area contributed by atoms with Gasteiger partial charge in [-0.25, -0.2) is 8.78 Å². The molecule has 0 bridgehead atoms. The van der Waals surface area contributed by atoms with Gasteiger partial charge in [-0.2, -0.15) is 0 Å². The predicted octanol–water partition coefficient (Wildman–Crippen LogP) is 3.08. The first-order valence-electron chi connectivity index (χ1n) is 3.89. The van der Waals surface area contributed by atoms with E-state index in [2.05, 4.69) is 0 Å². The van der Waals surface area contributed by atoms with Gasteiger partial charge in [-0.05, 0) is 18.3 Å². The molecular formula is C8H14F2. The van der Waals surface area contributed by atoms with Crippen molar-refractivity contribution in [1.29, 1.82) is 0 Å². The predicted molar refractivity (Wildman–Crippen MR) is 37.1 cm³/mol. The van der Waals surface area contributed by atoms with Crippen LogP contribution in [0.5, 0.6) is 0 Å². The van der Waals surface area contributed by atoms with Crippen LogP contribution in [0.25, 0.3) is 0 Å². The Hall–Kier alpha value is -0.140. The molecule has 0 radical (unpaired) electrons. The summed E-state index contributed by atoms with van der Waals surface area (Å²) in [4.78, 5) is 0. The van der Waals surface area contributed by atoms with Gasteiger partial charge in [0.1, 0.15) is 0 Å². The van der Waals surface area contributed by atoms with Crippen LogP contribution in [0, 0.1) is 11.8 Å². The Morgan fingerprint density at radius 3 is 2.20 bits per heavy atom. The van der Waals surface area contributed by atoms with Crippen LogP contribution >= 0.6 is 0 Å². The molecule has 0 aromatic rings. The molecule has 0 aromatic heterocycles. The molecule has 1 rings (SSSR count). The topological polar surface area (TPSA) is 0 Å². The highest BCUT2D eigenvalue weighted by Crippen LogP contribution is 2.41. The summed E-state index contributed by atoms with van der Waals surface area (Å²) in [5.74, 6) is -1.67. The monoisotopic (exact) mass is 148 g/mol. The molecule has 1 aliphatic carbocycles. The Kier molecular flexibility index (Phi) is 1.97. The van der Waals surface area contributed by atoms with Gasteiger partial charge in [0, 0.05) is 12.8 Å². The Bertz CT molecular complexity index is 118. The number of hydrogen-bond donors (Lipinski definition) is 0. The van der Waals surface area contributed by atoms with Crippen LogP contribution in [0.1, 0.15) is 33.1 Å². The van der Waals surface area contributed by atoms with Crippen LogP contribution in [-0.4, -0.2) is 5.92 Å². The average Bonchev–Trinajstić information content (AvgIpc) is 2.10. The van der Waals surface area contributed by atoms with Crippen LogP contribution in [-0.2, 0) is 0 Å². The molecule has 0 aliphatic heterocycles. The van der Waals surface area contributed by atoms with Crippen molar-refractivity contribution in [1.82, 2.24) is 0 Å². The molecule has 0 unspecified atom stereocenters. The van der Waals surface area contributed by atoms with E-state index < -0.39 is 5.92 Å². The zero-order valence-electron chi connectivity index (χ0n) is 6.53. The first kappa shape index (κ1) is 7.96. The molecule has 0 saturated heterocycles. The van der Waals surface area contributed by atoms with E-state index in [1.165, 1.54) is 0 Å². The van der Waals surface area contributed by atoms with Crippen LogP contribution in [0.4, 0.5) is 8.78 Å². The molecule has 0 nitrogen and oxygen atoms in total. The molecule has 1 fully saturated rings. The minimum atomic E-state index is -2.35. The van der Waals surface area contributed by atoms with Crippen molar-refractivity contribution < 1.29 is 8.78 Å². The van der Waals surface area contributed by atoms with Gasteiger partial charge >= 0.3 is 0 Å². The van der Waals surface area contributed by atoms with Gasteiger partial charge in [-0.15, -0.1) is 0 Å². The highest BCUT2D eigenvalue weighted by Gasteiger charge is 2.40. The third-order valence-corrected chi connectivity index (χ3v) is 2.38. The van der Waals surface area contributed by atoms with E-state index in [-0.39, 0.29) is 18.8 Å². The van der Waals surface area contributed by atoms with Gasteiger partial charge in [0.15, 0.2) is 0 Å². The smallest absolute Gasteiger partial charge is 0.207 e. The molecule has 0 heterocycles. The number of rotatable bonds is 1. The first-order chi connectivity index (χ1) is 4.51. The largest absolute Gasteiger partial charge is 0.248 e. The fourth-order valence-corrected chi connectivity index (χ4v) is 1.55. The Balaban J connectivity index is 2.43. The van der Waals surface area contributed by atoms with Crippen molar-refractivity contribution in [2.24, 2.45) is 11.8 Å². The van der Waals surface area contributed by atoms with E-state index >= 15 is 0 Å². The quantitative estimate of drug-likeness (QED) is 0.536. The van der Waals surface area contributed by atoms with Crippen LogP contribution < -0.4 is 0 Å². The van der Waals surface area contributed by atoms with Gasteiger partial charge in [-0.1, -0.05) is 13.8 Å². The minimum absolute atomic E-state index is 0.107. The van der Waals surface area contributed by atoms with E-state index in [9.17, 15) is 8.78 Å². The van der Waals surface area contributed by atoms with E-state index in [1.54, 1.807) is 0 Å². The maximum Gasteiger partial charge on any atom is 0.248 e. The fourth-order valence-electron chi connectivity index (χ4n) is 1.55. The zero-order valence-corrected chi connectivity index (χ0v) is 6.53. The lowest BCUT2D eigenvalue weighted by atomic mass is 9.94. The van der Waals surface area contributed by atoms with Crippen molar-refractivity contribution in [3.8, 4) is 0 Å². The lowest BCUT2D eigenvalue weighted by molar-refractivity contribution is 0.00298. The summed E-state index contributed by atoms with van der Waals surface area (Å²) in [7, 11) is 0. The molecule has 0 aromatic carbocycles. The average molecular weight is 148 g/mol. The van der Waals surface area contributed by atoms with Crippen LogP contribution in [0.3, 0.4) is 0 Å². The summed E-state index contributed by atoms with van der Waals surface area (Å²) in [5, 5.41) is 0. The number of hydrogen-bond acceptors (Lipinski definition) is 0. The molecule has 0 amide bonds. The second-order valence-corrected chi connectivity index (χ2v) is 3.60. The van der Waals surface area contributed by atoms with E-state index in [1.807, 2.05) is 13.8 Å². The Labute approximate surface area is 60.6 Å². The van der Waals surface area contributed by atoms with Crippen LogP contribution in [0.15, 0.2) is 0 Å². The van der Waals surface area contributed by atoms with Crippen molar-refractivity contribution in [2.75, 3.05) is 0 Å². The summed E-state index contributed by atoms with van der Waals surface area (Å²) >= 11 is 0. The summed E-state index contributed by atoms with van der Waals surface area (Å²) < 4.78 is 25.1. The van der Waals surface area contributed by atoms with Gasteiger partial charge in [0.05, 0.1) is 0 Å². The lowest BCUT2D eigenvalue weighted by Gasteiger charge is -2.13. The lowest BCUT2D eigenvalue weighted by Crippen LogP contribution is -2.11. The SMILES string of the molecule is CC(C)[C@H]1CCC(F)(F)C1. The van der Waals surface area contributed by atoms with Crippen molar-refractivity contribution in [3.63, 3.8) is 0 Å². The molecule has 1 aliphatic rings. The summed E-state index contributed by atoms with van der Waals surface area (Å²) in [6, 6.07) is 0. The van der Waals surface area contributed by atoms with Gasteiger partial charge in [0.25, 0.3) is 0 Å². The third kappa shape index (κ3) is 1.68. The second-order valence-electron chi connectivity index (χ2n) is 3.60. The minimum Gasteiger partial charge on any atom is -0.207 e. The van der Waals surface area contributed by atoms with Gasteiger partial charge in [0.2, 0.25) is 5.92 Å². The van der Waals surface area contributed by atoms with Gasteiger partial charge < -0.3 is 0 Å². The molecule has 0 spiro atoms. The van der Waals surface area contributed by atoms with Crippen molar-refractivity contribution in [2.45, 2.75) is 39.0 Å². The fraction of sp³-hybridized carbons (Fsp3) is 1.00. The van der Waals surface area contributed by atoms with E-state index in [0.29, 0.717) is 12.3 Å². The standard InChI is InChI=1S/C8H14F2/c1-6(2)7-3-4-8(9,10)5-7/h6-7H,3-5H2,1-2H3/t7-/m0/s1. The zero-order chi connectivity index (χ0) is 7.78. The maximum atomic E-state index is 12.6. The van der Waals surface area contributed by atoms with Crippen molar-refractivity contribution >= 4 is 0 Å².